The van der Waals surface area contributed by atoms with E-state index in [0.29, 0.717) is 39.6 Å². The molecular formula is C26H29N3O3. The first-order chi connectivity index (χ1) is 15.2. The van der Waals surface area contributed by atoms with E-state index in [9.17, 15) is 14.4 Å². The van der Waals surface area contributed by atoms with Crippen LogP contribution in [-0.2, 0) is 7.05 Å². The first-order valence-corrected chi connectivity index (χ1v) is 11.0. The van der Waals surface area contributed by atoms with E-state index in [2.05, 4.69) is 19.2 Å². The van der Waals surface area contributed by atoms with Crippen LogP contribution in [0.3, 0.4) is 0 Å². The zero-order valence-corrected chi connectivity index (χ0v) is 19.0. The zero-order chi connectivity index (χ0) is 23.0. The van der Waals surface area contributed by atoms with Gasteiger partial charge in [-0.05, 0) is 48.9 Å². The zero-order valence-electron chi connectivity index (χ0n) is 19.0. The highest BCUT2D eigenvalue weighted by molar-refractivity contribution is 6.12. The molecular weight excluding hydrogens is 402 g/mol. The number of hydrogen-bond acceptors (Lipinski definition) is 3. The number of rotatable bonds is 3. The lowest BCUT2D eigenvalue weighted by Crippen LogP contribution is -2.42. The maximum atomic E-state index is 13.2. The summed E-state index contributed by atoms with van der Waals surface area (Å²) in [6, 6.07) is 14.1. The van der Waals surface area contributed by atoms with Crippen molar-refractivity contribution < 1.29 is 9.59 Å². The minimum atomic E-state index is -0.369. The molecule has 3 aromatic rings. The third-order valence-electron chi connectivity index (χ3n) is 6.29. The Kier molecular flexibility index (Phi) is 5.87. The van der Waals surface area contributed by atoms with Gasteiger partial charge in [0.25, 0.3) is 17.4 Å². The van der Waals surface area contributed by atoms with Gasteiger partial charge in [0.1, 0.15) is 0 Å². The largest absolute Gasteiger partial charge is 0.338 e. The maximum Gasteiger partial charge on any atom is 0.256 e. The van der Waals surface area contributed by atoms with Crippen molar-refractivity contribution >= 4 is 28.4 Å². The number of pyridine rings is 1. The molecule has 1 aliphatic heterocycles. The molecule has 6 heteroatoms. The standard InChI is InChI=1S/C26H29N3O3/c1-16-11-17(2)15-29(14-16)26(32)19-10-9-18(3)22(12-19)27-25(31)21-13-24(30)28(4)23-8-6-5-7-20(21)23/h5-10,12-13,16-17H,11,14-15H2,1-4H3,(H,27,31). The van der Waals surface area contributed by atoms with E-state index in [0.717, 1.165) is 25.1 Å². The van der Waals surface area contributed by atoms with Crippen LogP contribution in [-0.4, -0.2) is 34.4 Å². The molecule has 2 amide bonds. The number of fused-ring (bicyclic) bond motifs is 1. The minimum Gasteiger partial charge on any atom is -0.338 e. The van der Waals surface area contributed by atoms with Gasteiger partial charge in [0, 0.05) is 42.8 Å². The van der Waals surface area contributed by atoms with E-state index in [1.54, 1.807) is 13.1 Å². The number of piperidine rings is 1. The number of likely N-dealkylation sites (tertiary alicyclic amines) is 1. The summed E-state index contributed by atoms with van der Waals surface area (Å²) in [6.45, 7) is 7.73. The number of benzene rings is 2. The Morgan fingerprint density at radius 1 is 1.00 bits per heavy atom. The highest BCUT2D eigenvalue weighted by atomic mass is 16.2. The number of carbonyl (C=O) groups is 2. The molecule has 32 heavy (non-hydrogen) atoms. The first kappa shape index (κ1) is 21.8. The molecule has 1 N–H and O–H groups in total. The summed E-state index contributed by atoms with van der Waals surface area (Å²) in [4.78, 5) is 40.6. The van der Waals surface area contributed by atoms with Crippen LogP contribution < -0.4 is 10.9 Å². The molecule has 2 atom stereocenters. The summed E-state index contributed by atoms with van der Waals surface area (Å²) in [5.41, 5.74) is 2.74. The van der Waals surface area contributed by atoms with Crippen molar-refractivity contribution in [1.29, 1.82) is 0 Å². The van der Waals surface area contributed by atoms with Gasteiger partial charge in [0.2, 0.25) is 0 Å². The molecule has 0 radical (unpaired) electrons. The molecule has 0 aliphatic carbocycles. The van der Waals surface area contributed by atoms with E-state index in [1.807, 2.05) is 48.2 Å². The third kappa shape index (κ3) is 4.17. The lowest BCUT2D eigenvalue weighted by atomic mass is 9.91. The molecule has 6 nitrogen and oxygen atoms in total. The third-order valence-corrected chi connectivity index (χ3v) is 6.29. The maximum absolute atomic E-state index is 13.2. The van der Waals surface area contributed by atoms with Crippen molar-refractivity contribution in [2.45, 2.75) is 27.2 Å². The lowest BCUT2D eigenvalue weighted by molar-refractivity contribution is 0.0623. The summed E-state index contributed by atoms with van der Waals surface area (Å²) in [7, 11) is 1.69. The van der Waals surface area contributed by atoms with Crippen LogP contribution in [0.25, 0.3) is 10.9 Å². The van der Waals surface area contributed by atoms with Crippen LogP contribution in [0.2, 0.25) is 0 Å². The van der Waals surface area contributed by atoms with Crippen molar-refractivity contribution in [3.8, 4) is 0 Å². The molecule has 166 valence electrons. The second-order valence-electron chi connectivity index (χ2n) is 9.11. The van der Waals surface area contributed by atoms with Gasteiger partial charge >= 0.3 is 0 Å². The van der Waals surface area contributed by atoms with Crippen molar-refractivity contribution in [2.24, 2.45) is 18.9 Å². The molecule has 1 aliphatic rings. The number of aryl methyl sites for hydroxylation is 2. The fourth-order valence-corrected chi connectivity index (χ4v) is 4.69. The fraction of sp³-hybridized carbons (Fsp3) is 0.346. The van der Waals surface area contributed by atoms with Crippen LogP contribution >= 0.6 is 0 Å². The van der Waals surface area contributed by atoms with Gasteiger partial charge in [-0.15, -0.1) is 0 Å². The van der Waals surface area contributed by atoms with Gasteiger partial charge in [-0.1, -0.05) is 38.1 Å². The number of anilines is 1. The Morgan fingerprint density at radius 2 is 1.69 bits per heavy atom. The van der Waals surface area contributed by atoms with Gasteiger partial charge in [-0.2, -0.15) is 0 Å². The monoisotopic (exact) mass is 431 g/mol. The molecule has 1 saturated heterocycles. The van der Waals surface area contributed by atoms with Crippen LogP contribution in [0.15, 0.2) is 53.3 Å². The summed E-state index contributed by atoms with van der Waals surface area (Å²) in [6.07, 6.45) is 1.13. The van der Waals surface area contributed by atoms with E-state index in [-0.39, 0.29) is 17.4 Å². The second-order valence-corrected chi connectivity index (χ2v) is 9.11. The predicted molar refractivity (Wildman–Crippen MR) is 127 cm³/mol. The minimum absolute atomic E-state index is 0.0158. The molecule has 4 rings (SSSR count). The fourth-order valence-electron chi connectivity index (χ4n) is 4.69. The van der Waals surface area contributed by atoms with E-state index in [1.165, 1.54) is 10.6 Å². The number of nitrogens with one attached hydrogen (secondary N) is 1. The van der Waals surface area contributed by atoms with Gasteiger partial charge in [0.15, 0.2) is 0 Å². The Hall–Kier alpha value is -3.41. The Balaban J connectivity index is 1.64. The molecule has 0 bridgehead atoms. The molecule has 2 heterocycles. The predicted octanol–water partition coefficient (Wildman–Crippen LogP) is 4.22. The van der Waals surface area contributed by atoms with Gasteiger partial charge < -0.3 is 14.8 Å². The number of para-hydroxylation sites is 1. The first-order valence-electron chi connectivity index (χ1n) is 11.0. The van der Waals surface area contributed by atoms with E-state index >= 15 is 0 Å². The number of nitrogens with zero attached hydrogens (tertiary/aromatic N) is 2. The number of aromatic nitrogens is 1. The number of amides is 2. The van der Waals surface area contributed by atoms with Crippen LogP contribution in [0.4, 0.5) is 5.69 Å². The lowest BCUT2D eigenvalue weighted by Gasteiger charge is -2.35. The Labute approximate surface area is 187 Å². The smallest absolute Gasteiger partial charge is 0.256 e. The van der Waals surface area contributed by atoms with Crippen molar-refractivity contribution in [3.63, 3.8) is 0 Å². The second kappa shape index (κ2) is 8.61. The highest BCUT2D eigenvalue weighted by Gasteiger charge is 2.26. The molecule has 0 saturated carbocycles. The van der Waals surface area contributed by atoms with Gasteiger partial charge in [0.05, 0.1) is 11.1 Å². The summed E-state index contributed by atoms with van der Waals surface area (Å²) < 4.78 is 1.53. The van der Waals surface area contributed by atoms with E-state index < -0.39 is 0 Å². The van der Waals surface area contributed by atoms with Crippen molar-refractivity contribution in [1.82, 2.24) is 9.47 Å². The SMILES string of the molecule is Cc1ccc(C(=O)N2CC(C)CC(C)C2)cc1NC(=O)c1cc(=O)n(C)c2ccccc12. The Morgan fingerprint density at radius 3 is 2.41 bits per heavy atom. The van der Waals surface area contributed by atoms with Crippen LogP contribution in [0.1, 0.15) is 46.5 Å². The summed E-state index contributed by atoms with van der Waals surface area (Å²) in [5.74, 6) is 0.562. The molecule has 0 spiro atoms. The van der Waals surface area contributed by atoms with Crippen LogP contribution in [0.5, 0.6) is 0 Å². The quantitative estimate of drug-likeness (QED) is 0.675. The molecule has 1 fully saturated rings. The number of carbonyl (C=O) groups excluding carboxylic acids is 2. The Bertz CT molecular complexity index is 1250. The van der Waals surface area contributed by atoms with Gasteiger partial charge in [-0.3, -0.25) is 14.4 Å². The van der Waals surface area contributed by atoms with Crippen molar-refractivity contribution in [3.05, 3.63) is 75.6 Å². The van der Waals surface area contributed by atoms with Crippen LogP contribution in [0, 0.1) is 18.8 Å². The van der Waals surface area contributed by atoms with Crippen molar-refractivity contribution in [2.75, 3.05) is 18.4 Å². The molecule has 2 unspecified atom stereocenters. The molecule has 1 aromatic heterocycles. The number of hydrogen-bond donors (Lipinski definition) is 1. The average molecular weight is 432 g/mol. The highest BCUT2D eigenvalue weighted by Crippen LogP contribution is 2.25. The summed E-state index contributed by atoms with van der Waals surface area (Å²) >= 11 is 0. The normalized spacial score (nSPS) is 18.6. The van der Waals surface area contributed by atoms with Gasteiger partial charge in [-0.25, -0.2) is 0 Å². The topological polar surface area (TPSA) is 71.4 Å². The summed E-state index contributed by atoms with van der Waals surface area (Å²) in [5, 5.41) is 3.63. The average Bonchev–Trinajstić information content (AvgIpc) is 2.76. The molecule has 2 aromatic carbocycles. The van der Waals surface area contributed by atoms with E-state index in [4.69, 9.17) is 0 Å².